The highest BCUT2D eigenvalue weighted by molar-refractivity contribution is 5.43. The summed E-state index contributed by atoms with van der Waals surface area (Å²) in [5.41, 5.74) is 2.52. The van der Waals surface area contributed by atoms with Crippen molar-refractivity contribution < 1.29 is 10.2 Å². The van der Waals surface area contributed by atoms with Gasteiger partial charge >= 0.3 is 0 Å². The van der Waals surface area contributed by atoms with Crippen LogP contribution in [0.5, 0.6) is 5.75 Å². The predicted octanol–water partition coefficient (Wildman–Crippen LogP) is 3.93. The van der Waals surface area contributed by atoms with Crippen LogP contribution in [0.15, 0.2) is 18.2 Å². The van der Waals surface area contributed by atoms with E-state index >= 15 is 0 Å². The molecule has 0 unspecified atom stereocenters. The Morgan fingerprint density at radius 3 is 2.85 bits per heavy atom. The summed E-state index contributed by atoms with van der Waals surface area (Å²) in [7, 11) is 0. The van der Waals surface area contributed by atoms with Crippen LogP contribution in [0.25, 0.3) is 0 Å². The van der Waals surface area contributed by atoms with Crippen molar-refractivity contribution in [3.05, 3.63) is 29.3 Å². The van der Waals surface area contributed by atoms with Gasteiger partial charge in [-0.2, -0.15) is 0 Å². The topological polar surface area (TPSA) is 40.5 Å². The molecule has 1 aromatic rings. The fourth-order valence-corrected chi connectivity index (χ4v) is 4.77. The smallest absolute Gasteiger partial charge is 0.115 e. The van der Waals surface area contributed by atoms with Crippen LogP contribution in [0.1, 0.15) is 63.5 Å². The predicted molar refractivity (Wildman–Crippen MR) is 81.0 cm³/mol. The van der Waals surface area contributed by atoms with E-state index in [1.165, 1.54) is 24.0 Å². The molecule has 0 heterocycles. The van der Waals surface area contributed by atoms with Crippen molar-refractivity contribution in [1.29, 1.82) is 0 Å². The van der Waals surface area contributed by atoms with E-state index in [0.717, 1.165) is 32.1 Å². The molecule has 0 spiro atoms. The summed E-state index contributed by atoms with van der Waals surface area (Å²) in [6.07, 6.45) is 7.46. The molecule has 1 aromatic carbocycles. The van der Waals surface area contributed by atoms with Crippen LogP contribution in [0, 0.1) is 5.92 Å². The molecule has 2 aliphatic rings. The number of hydrogen-bond donors (Lipinski definition) is 2. The van der Waals surface area contributed by atoms with Gasteiger partial charge in [-0.3, -0.25) is 0 Å². The van der Waals surface area contributed by atoms with E-state index in [0.29, 0.717) is 11.7 Å². The third-order valence-corrected chi connectivity index (χ3v) is 5.66. The second-order valence-electron chi connectivity index (χ2n) is 7.18. The summed E-state index contributed by atoms with van der Waals surface area (Å²) < 4.78 is 0. The molecule has 0 bridgehead atoms. The summed E-state index contributed by atoms with van der Waals surface area (Å²) >= 11 is 0. The van der Waals surface area contributed by atoms with Crippen LogP contribution >= 0.6 is 0 Å². The maximum Gasteiger partial charge on any atom is 0.115 e. The van der Waals surface area contributed by atoms with Gasteiger partial charge in [0.2, 0.25) is 0 Å². The summed E-state index contributed by atoms with van der Waals surface area (Å²) in [4.78, 5) is 0. The lowest BCUT2D eigenvalue weighted by Crippen LogP contribution is -2.49. The molecule has 20 heavy (non-hydrogen) atoms. The Morgan fingerprint density at radius 2 is 2.10 bits per heavy atom. The van der Waals surface area contributed by atoms with Crippen molar-refractivity contribution >= 4 is 0 Å². The van der Waals surface area contributed by atoms with Crippen LogP contribution in [-0.4, -0.2) is 15.8 Å². The van der Waals surface area contributed by atoms with Crippen molar-refractivity contribution in [2.24, 2.45) is 5.92 Å². The number of fused-ring (bicyclic) bond motifs is 3. The summed E-state index contributed by atoms with van der Waals surface area (Å²) in [5, 5.41) is 20.2. The van der Waals surface area contributed by atoms with Gasteiger partial charge in [0, 0.05) is 0 Å². The molecule has 2 N–H and O–H groups in total. The number of aromatic hydroxyl groups is 1. The molecule has 2 nitrogen and oxygen atoms in total. The third-order valence-electron chi connectivity index (χ3n) is 5.66. The van der Waals surface area contributed by atoms with E-state index in [-0.39, 0.29) is 5.41 Å². The Balaban J connectivity index is 2.06. The van der Waals surface area contributed by atoms with Gasteiger partial charge in [-0.15, -0.1) is 0 Å². The first kappa shape index (κ1) is 13.9. The number of aliphatic hydroxyl groups is 1. The van der Waals surface area contributed by atoms with Crippen LogP contribution < -0.4 is 0 Å². The van der Waals surface area contributed by atoms with E-state index in [9.17, 15) is 10.2 Å². The lowest BCUT2D eigenvalue weighted by Gasteiger charge is -2.52. The van der Waals surface area contributed by atoms with Crippen molar-refractivity contribution in [3.63, 3.8) is 0 Å². The molecule has 0 saturated heterocycles. The van der Waals surface area contributed by atoms with Gasteiger partial charge in [0.05, 0.1) is 5.60 Å². The summed E-state index contributed by atoms with van der Waals surface area (Å²) in [5.74, 6) is 0.972. The number of benzene rings is 1. The molecule has 110 valence electrons. The number of phenols is 1. The quantitative estimate of drug-likeness (QED) is 0.858. The Morgan fingerprint density at radius 1 is 1.30 bits per heavy atom. The average Bonchev–Trinajstić information content (AvgIpc) is 2.39. The Hall–Kier alpha value is -1.02. The van der Waals surface area contributed by atoms with E-state index in [4.69, 9.17) is 0 Å². The third kappa shape index (κ3) is 2.14. The molecule has 2 aliphatic carbocycles. The van der Waals surface area contributed by atoms with E-state index in [1.54, 1.807) is 0 Å². The Labute approximate surface area is 121 Å². The minimum atomic E-state index is -0.490. The van der Waals surface area contributed by atoms with E-state index in [2.05, 4.69) is 13.0 Å². The van der Waals surface area contributed by atoms with Crippen LogP contribution in [0.4, 0.5) is 0 Å². The minimum absolute atomic E-state index is 0.234. The van der Waals surface area contributed by atoms with Crippen molar-refractivity contribution in [2.45, 2.75) is 69.8 Å². The lowest BCUT2D eigenvalue weighted by atomic mass is 9.53. The fraction of sp³-hybridized carbons (Fsp3) is 0.667. The van der Waals surface area contributed by atoms with Gasteiger partial charge in [-0.05, 0) is 80.0 Å². The van der Waals surface area contributed by atoms with Crippen LogP contribution in [0.2, 0.25) is 0 Å². The largest absolute Gasteiger partial charge is 0.508 e. The highest BCUT2D eigenvalue weighted by Crippen LogP contribution is 2.55. The van der Waals surface area contributed by atoms with Gasteiger partial charge in [-0.25, -0.2) is 0 Å². The maximum absolute atomic E-state index is 10.4. The van der Waals surface area contributed by atoms with Crippen molar-refractivity contribution in [1.82, 2.24) is 0 Å². The Bertz CT molecular complexity index is 506. The molecule has 1 saturated carbocycles. The zero-order chi connectivity index (χ0) is 14.4. The van der Waals surface area contributed by atoms with Gasteiger partial charge in [0.25, 0.3) is 0 Å². The zero-order valence-electron chi connectivity index (χ0n) is 12.7. The maximum atomic E-state index is 10.4. The molecule has 0 amide bonds. The first-order chi connectivity index (χ1) is 9.47. The fourth-order valence-electron chi connectivity index (χ4n) is 4.77. The molecule has 1 fully saturated rings. The first-order valence-corrected chi connectivity index (χ1v) is 8.02. The molecule has 0 aliphatic heterocycles. The zero-order valence-corrected chi connectivity index (χ0v) is 12.7. The normalized spacial score (nSPS) is 36.2. The molecular formula is C18H26O2. The van der Waals surface area contributed by atoms with Crippen molar-refractivity contribution in [3.8, 4) is 5.75 Å². The average molecular weight is 274 g/mol. The Kier molecular flexibility index (Phi) is 3.32. The molecule has 2 heteroatoms. The minimum Gasteiger partial charge on any atom is -0.508 e. The van der Waals surface area contributed by atoms with Gasteiger partial charge in [-0.1, -0.05) is 19.4 Å². The summed E-state index contributed by atoms with van der Waals surface area (Å²) in [6.45, 7) is 4.25. The van der Waals surface area contributed by atoms with Crippen molar-refractivity contribution in [2.75, 3.05) is 0 Å². The van der Waals surface area contributed by atoms with Crippen LogP contribution in [0.3, 0.4) is 0 Å². The highest BCUT2D eigenvalue weighted by Gasteiger charge is 2.49. The number of phenolic OH excluding ortho intramolecular Hbond substituents is 1. The van der Waals surface area contributed by atoms with Gasteiger partial charge in [0.15, 0.2) is 0 Å². The SMILES string of the molecule is CCC[C@@]12CC[C@@](C)(O)C[C@@H]1CCc1cc(O)ccc12. The van der Waals surface area contributed by atoms with Gasteiger partial charge in [0.1, 0.15) is 5.75 Å². The molecule has 0 aromatic heterocycles. The highest BCUT2D eigenvalue weighted by atomic mass is 16.3. The number of rotatable bonds is 2. The van der Waals surface area contributed by atoms with Gasteiger partial charge < -0.3 is 10.2 Å². The lowest BCUT2D eigenvalue weighted by molar-refractivity contribution is -0.0390. The van der Waals surface area contributed by atoms with E-state index < -0.39 is 5.60 Å². The second-order valence-corrected chi connectivity index (χ2v) is 7.18. The molecule has 0 radical (unpaired) electrons. The monoisotopic (exact) mass is 274 g/mol. The standard InChI is InChI=1S/C18H26O2/c1-3-8-18-10-9-17(2,20)12-14(18)5-4-13-11-15(19)6-7-16(13)18/h6-7,11,14,19-20H,3-5,8-10,12H2,1-2H3/t14-,17+,18+/m0/s1. The molecular weight excluding hydrogens is 248 g/mol. The van der Waals surface area contributed by atoms with Crippen LogP contribution in [-0.2, 0) is 11.8 Å². The molecule has 3 rings (SSSR count). The first-order valence-electron chi connectivity index (χ1n) is 8.02. The molecule has 3 atom stereocenters. The number of hydrogen-bond acceptors (Lipinski definition) is 2. The number of aryl methyl sites for hydroxylation is 1. The summed E-state index contributed by atoms with van der Waals surface area (Å²) in [6, 6.07) is 5.94. The second kappa shape index (κ2) is 4.77. The van der Waals surface area contributed by atoms with E-state index in [1.807, 2.05) is 19.1 Å².